The molecule has 0 radical (unpaired) electrons. The molecule has 0 bridgehead atoms. The molecular weight excluding hydrogens is 486 g/mol. The Hall–Kier alpha value is -3.57. The van der Waals surface area contributed by atoms with Crippen LogP contribution in [0, 0.1) is 13.8 Å². The third-order valence-corrected chi connectivity index (χ3v) is 7.13. The van der Waals surface area contributed by atoms with Crippen LogP contribution in [0.5, 0.6) is 5.75 Å². The van der Waals surface area contributed by atoms with E-state index in [2.05, 4.69) is 20.8 Å². The summed E-state index contributed by atoms with van der Waals surface area (Å²) in [5.74, 6) is -0.988. The van der Waals surface area contributed by atoms with Crippen LogP contribution in [0.25, 0.3) is 5.76 Å². The molecule has 0 spiro atoms. The molecule has 1 aliphatic rings. The summed E-state index contributed by atoms with van der Waals surface area (Å²) < 4.78 is 5.62. The van der Waals surface area contributed by atoms with Gasteiger partial charge in [0.2, 0.25) is 0 Å². The predicted octanol–water partition coefficient (Wildman–Crippen LogP) is 7.28. The number of ketones is 1. The number of rotatable bonds is 5. The van der Waals surface area contributed by atoms with Crippen LogP contribution in [-0.2, 0) is 15.0 Å². The van der Waals surface area contributed by atoms with Gasteiger partial charge in [0.1, 0.15) is 11.5 Å². The normalized spacial score (nSPS) is 17.4. The maximum Gasteiger partial charge on any atom is 0.300 e. The summed E-state index contributed by atoms with van der Waals surface area (Å²) in [7, 11) is 0. The highest BCUT2D eigenvalue weighted by Gasteiger charge is 2.47. The molecule has 1 fully saturated rings. The monoisotopic (exact) mass is 517 g/mol. The number of ether oxygens (including phenoxy) is 1. The summed E-state index contributed by atoms with van der Waals surface area (Å²) in [5, 5.41) is 11.9. The lowest BCUT2D eigenvalue weighted by Crippen LogP contribution is -2.29. The molecule has 37 heavy (non-hydrogen) atoms. The summed E-state index contributed by atoms with van der Waals surface area (Å²) in [4.78, 5) is 28.3. The standard InChI is InChI=1S/C31H32ClNO4/c1-7-37-25-15-11-21(16-19(25)3)28(34)26-27(20-9-12-22(13-10-20)31(4,5)6)33(30(36)29(26)35)23-14-8-18(2)24(32)17-23/h8-17,27,34H,7H2,1-6H3/b28-26+. The number of aliphatic hydroxyl groups excluding tert-OH is 1. The Bertz CT molecular complexity index is 1400. The Labute approximate surface area is 223 Å². The lowest BCUT2D eigenvalue weighted by atomic mass is 9.85. The highest BCUT2D eigenvalue weighted by atomic mass is 35.5. The van der Waals surface area contributed by atoms with Crippen LogP contribution in [0.15, 0.2) is 66.2 Å². The molecule has 0 saturated carbocycles. The van der Waals surface area contributed by atoms with Crippen molar-refractivity contribution in [3.63, 3.8) is 0 Å². The second-order valence-corrected chi connectivity index (χ2v) is 10.8. The molecular formula is C31H32ClNO4. The van der Waals surface area contributed by atoms with Crippen molar-refractivity contribution < 1.29 is 19.4 Å². The molecule has 5 nitrogen and oxygen atoms in total. The lowest BCUT2D eigenvalue weighted by molar-refractivity contribution is -0.132. The minimum absolute atomic E-state index is 0.0359. The van der Waals surface area contributed by atoms with Gasteiger partial charge in [0.05, 0.1) is 18.2 Å². The maximum atomic E-state index is 13.5. The van der Waals surface area contributed by atoms with E-state index in [4.69, 9.17) is 16.3 Å². The molecule has 3 aromatic carbocycles. The summed E-state index contributed by atoms with van der Waals surface area (Å²) >= 11 is 6.40. The first-order valence-electron chi connectivity index (χ1n) is 12.4. The largest absolute Gasteiger partial charge is 0.507 e. The van der Waals surface area contributed by atoms with Crippen molar-refractivity contribution >= 4 is 34.7 Å². The van der Waals surface area contributed by atoms with Gasteiger partial charge in [0, 0.05) is 16.3 Å². The van der Waals surface area contributed by atoms with Gasteiger partial charge in [0.15, 0.2) is 0 Å². The molecule has 0 aromatic heterocycles. The Morgan fingerprint density at radius 1 is 0.973 bits per heavy atom. The van der Waals surface area contributed by atoms with Crippen LogP contribution >= 0.6 is 11.6 Å². The fourth-order valence-corrected chi connectivity index (χ4v) is 4.76. The smallest absolute Gasteiger partial charge is 0.300 e. The van der Waals surface area contributed by atoms with E-state index in [0.29, 0.717) is 34.2 Å². The highest BCUT2D eigenvalue weighted by molar-refractivity contribution is 6.51. The van der Waals surface area contributed by atoms with Crippen molar-refractivity contribution in [1.29, 1.82) is 0 Å². The zero-order valence-electron chi connectivity index (χ0n) is 22.1. The van der Waals surface area contributed by atoms with E-state index in [1.165, 1.54) is 4.90 Å². The number of nitrogens with zero attached hydrogens (tertiary/aromatic N) is 1. The van der Waals surface area contributed by atoms with E-state index in [0.717, 1.165) is 16.7 Å². The maximum absolute atomic E-state index is 13.5. The van der Waals surface area contributed by atoms with Gasteiger partial charge < -0.3 is 9.84 Å². The number of Topliss-reactive ketones (excluding diaryl/α,β-unsaturated/α-hetero) is 1. The van der Waals surface area contributed by atoms with Gasteiger partial charge in [-0.15, -0.1) is 0 Å². The average molecular weight is 518 g/mol. The van der Waals surface area contributed by atoms with Crippen LogP contribution in [0.2, 0.25) is 5.02 Å². The highest BCUT2D eigenvalue weighted by Crippen LogP contribution is 2.43. The molecule has 1 N–H and O–H groups in total. The van der Waals surface area contributed by atoms with Gasteiger partial charge in [-0.25, -0.2) is 0 Å². The van der Waals surface area contributed by atoms with E-state index < -0.39 is 17.7 Å². The van der Waals surface area contributed by atoms with E-state index in [-0.39, 0.29) is 16.7 Å². The number of benzene rings is 3. The van der Waals surface area contributed by atoms with Crippen LogP contribution in [0.4, 0.5) is 5.69 Å². The van der Waals surface area contributed by atoms with Gasteiger partial charge in [-0.2, -0.15) is 0 Å². The van der Waals surface area contributed by atoms with E-state index in [1.54, 1.807) is 30.3 Å². The Kier molecular flexibility index (Phi) is 7.20. The molecule has 3 aromatic rings. The molecule has 1 aliphatic heterocycles. The van der Waals surface area contributed by atoms with Crippen molar-refractivity contribution in [2.75, 3.05) is 11.5 Å². The number of halogens is 1. The summed E-state index contributed by atoms with van der Waals surface area (Å²) in [6, 6.07) is 17.5. The van der Waals surface area contributed by atoms with Gasteiger partial charge >= 0.3 is 0 Å². The van der Waals surface area contributed by atoms with Gasteiger partial charge in [-0.3, -0.25) is 14.5 Å². The zero-order valence-corrected chi connectivity index (χ0v) is 22.8. The van der Waals surface area contributed by atoms with Crippen LogP contribution in [0.1, 0.15) is 61.6 Å². The van der Waals surface area contributed by atoms with Crippen molar-refractivity contribution in [1.82, 2.24) is 0 Å². The summed E-state index contributed by atoms with van der Waals surface area (Å²) in [6.07, 6.45) is 0. The topological polar surface area (TPSA) is 66.8 Å². The third kappa shape index (κ3) is 5.01. The molecule has 192 valence electrons. The lowest BCUT2D eigenvalue weighted by Gasteiger charge is -2.27. The van der Waals surface area contributed by atoms with Crippen molar-refractivity contribution in [2.45, 2.75) is 53.0 Å². The van der Waals surface area contributed by atoms with Crippen LogP contribution in [-0.4, -0.2) is 23.4 Å². The Morgan fingerprint density at radius 2 is 1.65 bits per heavy atom. The number of anilines is 1. The zero-order chi connectivity index (χ0) is 27.1. The summed E-state index contributed by atoms with van der Waals surface area (Å²) in [6.45, 7) is 12.5. The molecule has 1 unspecified atom stereocenters. The number of hydrogen-bond donors (Lipinski definition) is 1. The number of carbonyl (C=O) groups is 2. The average Bonchev–Trinajstić information content (AvgIpc) is 3.11. The first-order chi connectivity index (χ1) is 17.4. The van der Waals surface area contributed by atoms with Crippen molar-refractivity contribution in [3.8, 4) is 5.75 Å². The fourth-order valence-electron chi connectivity index (χ4n) is 4.58. The van der Waals surface area contributed by atoms with E-state index in [9.17, 15) is 14.7 Å². The van der Waals surface area contributed by atoms with Crippen LogP contribution in [0.3, 0.4) is 0 Å². The first kappa shape index (κ1) is 26.5. The SMILES string of the molecule is CCOc1ccc(/C(O)=C2\C(=O)C(=O)N(c3ccc(C)c(Cl)c3)C2c2ccc(C(C)(C)C)cc2)cc1C. The molecule has 1 atom stereocenters. The van der Waals surface area contributed by atoms with Crippen molar-refractivity contribution in [3.05, 3.63) is 99.1 Å². The van der Waals surface area contributed by atoms with Gasteiger partial charge in [0.25, 0.3) is 11.7 Å². The van der Waals surface area contributed by atoms with E-state index >= 15 is 0 Å². The Balaban J connectivity index is 1.92. The molecule has 1 amide bonds. The number of carbonyl (C=O) groups excluding carboxylic acids is 2. The van der Waals surface area contributed by atoms with Gasteiger partial charge in [-0.1, -0.05) is 62.7 Å². The number of aliphatic hydroxyl groups is 1. The van der Waals surface area contributed by atoms with Crippen molar-refractivity contribution in [2.24, 2.45) is 0 Å². The molecule has 0 aliphatic carbocycles. The molecule has 4 rings (SSSR count). The fraction of sp³-hybridized carbons (Fsp3) is 0.290. The number of amides is 1. The minimum Gasteiger partial charge on any atom is -0.507 e. The molecule has 1 heterocycles. The summed E-state index contributed by atoms with van der Waals surface area (Å²) in [5.41, 5.74) is 4.41. The predicted molar refractivity (Wildman–Crippen MR) is 148 cm³/mol. The first-order valence-corrected chi connectivity index (χ1v) is 12.7. The second-order valence-electron chi connectivity index (χ2n) is 10.4. The minimum atomic E-state index is -0.820. The van der Waals surface area contributed by atoms with Crippen LogP contribution < -0.4 is 9.64 Å². The van der Waals surface area contributed by atoms with E-state index in [1.807, 2.05) is 51.1 Å². The molecule has 1 saturated heterocycles. The Morgan fingerprint density at radius 3 is 2.22 bits per heavy atom. The quantitative estimate of drug-likeness (QED) is 0.219. The second kappa shape index (κ2) is 10.1. The molecule has 6 heteroatoms. The number of hydrogen-bond acceptors (Lipinski definition) is 4. The number of aryl methyl sites for hydroxylation is 2. The van der Waals surface area contributed by atoms with Gasteiger partial charge in [-0.05, 0) is 78.8 Å². The third-order valence-electron chi connectivity index (χ3n) is 6.72.